The summed E-state index contributed by atoms with van der Waals surface area (Å²) in [5.74, 6) is -0.826. The number of methoxy groups -OCH3 is 1. The van der Waals surface area contributed by atoms with Crippen molar-refractivity contribution in [3.05, 3.63) is 113 Å². The van der Waals surface area contributed by atoms with Gasteiger partial charge in [-0.25, -0.2) is 4.98 Å². The van der Waals surface area contributed by atoms with E-state index in [4.69, 9.17) is 20.0 Å². The number of aromatic nitrogens is 3. The molecule has 0 saturated heterocycles. The van der Waals surface area contributed by atoms with Crippen molar-refractivity contribution in [1.29, 1.82) is 0 Å². The lowest BCUT2D eigenvalue weighted by atomic mass is 9.96. The lowest BCUT2D eigenvalue weighted by molar-refractivity contribution is -0.672. The lowest BCUT2D eigenvalue weighted by Gasteiger charge is -2.12. The average molecular weight is 640 g/mol. The third-order valence-electron chi connectivity index (χ3n) is 7.65. The number of nitrogens with two attached hydrogens (primary N) is 1. The van der Waals surface area contributed by atoms with Crippen LogP contribution < -0.4 is 15.2 Å². The smallest absolute Gasteiger partial charge is 0.416 e. The molecule has 0 amide bonds. The zero-order valence-electron chi connectivity index (χ0n) is 23.9. The predicted octanol–water partition coefficient (Wildman–Crippen LogP) is 7.59. The van der Waals surface area contributed by atoms with Crippen LogP contribution in [0.4, 0.5) is 18.9 Å². The minimum Gasteiger partial charge on any atom is -0.497 e. The van der Waals surface area contributed by atoms with Crippen molar-refractivity contribution in [2.45, 2.75) is 6.18 Å². The minimum absolute atomic E-state index is 0.0477. The summed E-state index contributed by atoms with van der Waals surface area (Å²) in [7, 11) is 1.52. The number of pyridine rings is 1. The van der Waals surface area contributed by atoms with E-state index in [-0.39, 0.29) is 16.3 Å². The first kappa shape index (κ1) is 29.0. The Morgan fingerprint density at radius 3 is 2.39 bits per heavy atom. The van der Waals surface area contributed by atoms with Gasteiger partial charge in [0.1, 0.15) is 15.5 Å². The maximum absolute atomic E-state index is 14.0. The van der Waals surface area contributed by atoms with Crippen LogP contribution >= 0.6 is 11.3 Å². The number of hydrogen-bond donors (Lipinski definition) is 2. The van der Waals surface area contributed by atoms with Gasteiger partial charge in [-0.1, -0.05) is 54.6 Å². The lowest BCUT2D eigenvalue weighted by Crippen LogP contribution is -2.38. The standard InChI is InChI=1S/C34H21F3N4O4S/c1-44-22-15-13-21(14-16-22)41-29(33(43)45-40-41)30(42)31-28(38)27-25(19-9-11-20(12-10-19)34(35,36)37)17-26(39-32(27)46-31)24-8-4-6-18-5-2-3-7-23(18)24/h2-17H,1H3,(H2-,38,40,42,43)/p+1. The van der Waals surface area contributed by atoms with Gasteiger partial charge in [-0.15, -0.1) is 11.3 Å². The predicted molar refractivity (Wildman–Crippen MR) is 167 cm³/mol. The number of alkyl halides is 3. The summed E-state index contributed by atoms with van der Waals surface area (Å²) >= 11 is 1.000. The maximum Gasteiger partial charge on any atom is 0.416 e. The zero-order valence-corrected chi connectivity index (χ0v) is 24.7. The second-order valence-corrected chi connectivity index (χ2v) is 11.3. The van der Waals surface area contributed by atoms with E-state index in [0.29, 0.717) is 38.5 Å². The zero-order chi connectivity index (χ0) is 32.2. The molecule has 46 heavy (non-hydrogen) atoms. The van der Waals surface area contributed by atoms with E-state index in [1.54, 1.807) is 30.3 Å². The maximum atomic E-state index is 14.0. The number of rotatable bonds is 6. The van der Waals surface area contributed by atoms with Crippen LogP contribution in [0.2, 0.25) is 0 Å². The van der Waals surface area contributed by atoms with E-state index in [2.05, 4.69) is 5.27 Å². The van der Waals surface area contributed by atoms with Crippen LogP contribution in [0.15, 0.2) is 102 Å². The van der Waals surface area contributed by atoms with Gasteiger partial charge in [-0.05, 0) is 52.2 Å². The minimum atomic E-state index is -4.51. The molecule has 0 spiro atoms. The van der Waals surface area contributed by atoms with Crippen molar-refractivity contribution in [2.75, 3.05) is 12.8 Å². The molecule has 4 aromatic carbocycles. The number of benzene rings is 4. The van der Waals surface area contributed by atoms with Crippen LogP contribution in [-0.4, -0.2) is 28.3 Å². The first-order valence-corrected chi connectivity index (χ1v) is 14.6. The number of halogens is 3. The van der Waals surface area contributed by atoms with E-state index < -0.39 is 23.5 Å². The number of carbonyl (C=O) groups is 1. The van der Waals surface area contributed by atoms with Gasteiger partial charge in [0.25, 0.3) is 5.78 Å². The number of fused-ring (bicyclic) bond motifs is 2. The Balaban J connectivity index is 1.43. The van der Waals surface area contributed by atoms with Crippen molar-refractivity contribution in [2.24, 2.45) is 0 Å². The van der Waals surface area contributed by atoms with E-state index in [1.165, 1.54) is 19.2 Å². The number of thiophene rings is 1. The summed E-state index contributed by atoms with van der Waals surface area (Å²) in [4.78, 5) is 19.4. The molecular weight excluding hydrogens is 617 g/mol. The van der Waals surface area contributed by atoms with Crippen molar-refractivity contribution < 1.29 is 37.0 Å². The van der Waals surface area contributed by atoms with Gasteiger partial charge in [-0.2, -0.15) is 13.2 Å². The molecule has 7 aromatic rings. The number of anilines is 1. The molecule has 0 aliphatic heterocycles. The monoisotopic (exact) mass is 639 g/mol. The van der Waals surface area contributed by atoms with Gasteiger partial charge in [0.15, 0.2) is 0 Å². The molecule has 0 bridgehead atoms. The molecule has 0 fully saturated rings. The number of nitrogens with zero attached hydrogens (tertiary/aromatic N) is 3. The SMILES string of the molecule is COc1ccc(-[n+]2noc(O)c2C(=O)c2sc3nc(-c4cccc5ccccc45)cc(-c4ccc(C(F)(F)F)cc4)c3c2N)cc1. The Kier molecular flexibility index (Phi) is 6.93. The van der Waals surface area contributed by atoms with Crippen molar-refractivity contribution in [1.82, 2.24) is 10.3 Å². The summed E-state index contributed by atoms with van der Waals surface area (Å²) < 4.78 is 51.6. The van der Waals surface area contributed by atoms with Crippen LogP contribution in [0.3, 0.4) is 0 Å². The molecule has 3 heterocycles. The second kappa shape index (κ2) is 11.0. The van der Waals surface area contributed by atoms with E-state index in [1.807, 2.05) is 42.5 Å². The van der Waals surface area contributed by atoms with Gasteiger partial charge in [0, 0.05) is 27.8 Å². The summed E-state index contributed by atoms with van der Waals surface area (Å²) in [6.45, 7) is 0. The molecule has 8 nitrogen and oxygen atoms in total. The van der Waals surface area contributed by atoms with Crippen LogP contribution in [0.1, 0.15) is 20.9 Å². The Morgan fingerprint density at radius 2 is 1.67 bits per heavy atom. The Labute approximate surface area is 262 Å². The highest BCUT2D eigenvalue weighted by Crippen LogP contribution is 2.43. The van der Waals surface area contributed by atoms with Crippen LogP contribution in [0.5, 0.6) is 11.7 Å². The van der Waals surface area contributed by atoms with Crippen LogP contribution in [0, 0.1) is 0 Å². The largest absolute Gasteiger partial charge is 0.497 e. The highest BCUT2D eigenvalue weighted by Gasteiger charge is 2.37. The molecule has 7 rings (SSSR count). The highest BCUT2D eigenvalue weighted by atomic mass is 32.1. The van der Waals surface area contributed by atoms with E-state index in [0.717, 1.165) is 44.5 Å². The number of carbonyl (C=O) groups excluding carboxylic acids is 1. The molecule has 3 N–H and O–H groups in total. The molecule has 0 saturated carbocycles. The van der Waals surface area contributed by atoms with E-state index >= 15 is 0 Å². The molecule has 12 heteroatoms. The molecule has 0 aliphatic carbocycles. The fraction of sp³-hybridized carbons (Fsp3) is 0.0588. The van der Waals surface area contributed by atoms with Crippen molar-refractivity contribution in [3.8, 4) is 39.8 Å². The fourth-order valence-electron chi connectivity index (χ4n) is 5.40. The van der Waals surface area contributed by atoms with Gasteiger partial charge < -0.3 is 15.6 Å². The van der Waals surface area contributed by atoms with Crippen molar-refractivity contribution in [3.63, 3.8) is 0 Å². The number of hydrogen-bond acceptors (Lipinski definition) is 8. The quantitative estimate of drug-likeness (QED) is 0.142. The molecule has 0 atom stereocenters. The molecule has 0 unspecified atom stereocenters. The summed E-state index contributed by atoms with van der Waals surface area (Å²) in [5, 5.41) is 16.7. The van der Waals surface area contributed by atoms with Gasteiger partial charge in [-0.3, -0.25) is 9.32 Å². The molecule has 3 aromatic heterocycles. The van der Waals surface area contributed by atoms with Crippen molar-refractivity contribution >= 4 is 43.8 Å². The van der Waals surface area contributed by atoms with Gasteiger partial charge in [0.05, 0.1) is 24.1 Å². The van der Waals surface area contributed by atoms with Gasteiger partial charge in [0.2, 0.25) is 11.0 Å². The number of ether oxygens (including phenoxy) is 1. The second-order valence-electron chi connectivity index (χ2n) is 10.3. The molecule has 228 valence electrons. The number of aromatic hydroxyl groups is 1. The molecule has 0 radical (unpaired) electrons. The Bertz CT molecular complexity index is 2270. The number of nitrogen functional groups attached to an aromatic ring is 1. The van der Waals surface area contributed by atoms with E-state index in [9.17, 15) is 23.1 Å². The third-order valence-corrected chi connectivity index (χ3v) is 8.75. The first-order chi connectivity index (χ1) is 22.1. The normalized spacial score (nSPS) is 11.7. The summed E-state index contributed by atoms with van der Waals surface area (Å²) in [6, 6.07) is 26.6. The first-order valence-electron chi connectivity index (χ1n) is 13.8. The summed E-state index contributed by atoms with van der Waals surface area (Å²) in [5.41, 5.74) is 8.33. The Hall–Kier alpha value is -5.75. The van der Waals surface area contributed by atoms with Gasteiger partial charge >= 0.3 is 17.8 Å². The van der Waals surface area contributed by atoms with Crippen LogP contribution in [0.25, 0.3) is 49.1 Å². The molecular formula is C34H22F3N4O4S+. The number of ketones is 1. The Morgan fingerprint density at radius 1 is 0.957 bits per heavy atom. The topological polar surface area (TPSA) is 115 Å². The fourth-order valence-corrected chi connectivity index (χ4v) is 6.46. The third kappa shape index (κ3) is 4.88. The molecule has 0 aliphatic rings. The summed E-state index contributed by atoms with van der Waals surface area (Å²) in [6.07, 6.45) is -4.51. The average Bonchev–Trinajstić information content (AvgIpc) is 3.62. The highest BCUT2D eigenvalue weighted by molar-refractivity contribution is 7.21. The van der Waals surface area contributed by atoms with Crippen LogP contribution in [-0.2, 0) is 6.18 Å².